The Morgan fingerprint density at radius 2 is 1.89 bits per heavy atom. The summed E-state index contributed by atoms with van der Waals surface area (Å²) in [6.45, 7) is 1.67. The summed E-state index contributed by atoms with van der Waals surface area (Å²) >= 11 is 3.24. The molecule has 2 N–H and O–H groups in total. The van der Waals surface area contributed by atoms with Gasteiger partial charge in [-0.1, -0.05) is 22.0 Å². The van der Waals surface area contributed by atoms with Crippen molar-refractivity contribution in [2.75, 3.05) is 13.7 Å². The molecule has 6 nitrogen and oxygen atoms in total. The summed E-state index contributed by atoms with van der Waals surface area (Å²) in [5.41, 5.74) is 0.581. The number of rotatable bonds is 8. The molecule has 9 heteroatoms. The standard InChI is InChI=1S/C18H20BrFN2O4S/c1-12(13-3-8-17(26-2)16(20)11-13)22-18(23)9-10-21-27(24,25)15-6-4-14(19)5-7-15/h3-8,11-12,21H,9-10H2,1-2H3,(H,22,23). The number of hydrogen-bond donors (Lipinski definition) is 2. The Morgan fingerprint density at radius 3 is 2.48 bits per heavy atom. The molecule has 2 aromatic rings. The minimum absolute atomic E-state index is 0.0429. The van der Waals surface area contributed by atoms with Gasteiger partial charge in [0, 0.05) is 17.4 Å². The highest BCUT2D eigenvalue weighted by Gasteiger charge is 2.15. The van der Waals surface area contributed by atoms with Gasteiger partial charge in [-0.05, 0) is 48.9 Å². The van der Waals surface area contributed by atoms with Crippen molar-refractivity contribution in [3.63, 3.8) is 0 Å². The first-order valence-corrected chi connectivity index (χ1v) is 10.4. The van der Waals surface area contributed by atoms with Crippen molar-refractivity contribution >= 4 is 31.9 Å². The van der Waals surface area contributed by atoms with Crippen LogP contribution in [0.25, 0.3) is 0 Å². The third-order valence-electron chi connectivity index (χ3n) is 3.82. The quantitative estimate of drug-likeness (QED) is 0.636. The van der Waals surface area contributed by atoms with E-state index in [1.807, 2.05) is 0 Å². The van der Waals surface area contributed by atoms with Gasteiger partial charge in [-0.15, -0.1) is 0 Å². The first-order valence-electron chi connectivity index (χ1n) is 8.11. The van der Waals surface area contributed by atoms with E-state index in [4.69, 9.17) is 4.74 Å². The van der Waals surface area contributed by atoms with Crippen LogP contribution in [0.1, 0.15) is 24.9 Å². The van der Waals surface area contributed by atoms with E-state index in [0.29, 0.717) is 5.56 Å². The lowest BCUT2D eigenvalue weighted by molar-refractivity contribution is -0.121. The molecule has 0 spiro atoms. The number of carbonyl (C=O) groups is 1. The molecule has 2 rings (SSSR count). The number of nitrogens with one attached hydrogen (secondary N) is 2. The largest absolute Gasteiger partial charge is 0.494 e. The number of methoxy groups -OCH3 is 1. The fourth-order valence-electron chi connectivity index (χ4n) is 2.34. The van der Waals surface area contributed by atoms with Gasteiger partial charge in [-0.3, -0.25) is 4.79 Å². The Labute approximate surface area is 166 Å². The average Bonchev–Trinajstić information content (AvgIpc) is 2.61. The van der Waals surface area contributed by atoms with E-state index in [0.717, 1.165) is 4.47 Å². The van der Waals surface area contributed by atoms with Crippen LogP contribution in [-0.4, -0.2) is 28.0 Å². The zero-order chi connectivity index (χ0) is 20.0. The van der Waals surface area contributed by atoms with Gasteiger partial charge >= 0.3 is 0 Å². The van der Waals surface area contributed by atoms with Crippen molar-refractivity contribution in [2.24, 2.45) is 0 Å². The van der Waals surface area contributed by atoms with Crippen LogP contribution in [0.3, 0.4) is 0 Å². The maximum Gasteiger partial charge on any atom is 0.240 e. The summed E-state index contributed by atoms with van der Waals surface area (Å²) < 4.78 is 46.1. The smallest absolute Gasteiger partial charge is 0.240 e. The van der Waals surface area contributed by atoms with Crippen LogP contribution < -0.4 is 14.8 Å². The summed E-state index contributed by atoms with van der Waals surface area (Å²) in [6, 6.07) is 10.2. The normalized spacial score (nSPS) is 12.4. The Bertz CT molecular complexity index is 904. The topological polar surface area (TPSA) is 84.5 Å². The van der Waals surface area contributed by atoms with Gasteiger partial charge in [-0.2, -0.15) is 0 Å². The lowest BCUT2D eigenvalue weighted by atomic mass is 10.1. The van der Waals surface area contributed by atoms with E-state index >= 15 is 0 Å². The number of ether oxygens (including phenoxy) is 1. The van der Waals surface area contributed by atoms with Gasteiger partial charge in [0.15, 0.2) is 11.6 Å². The Kier molecular flexibility index (Phi) is 7.34. The third kappa shape index (κ3) is 6.02. The van der Waals surface area contributed by atoms with Crippen LogP contribution in [0.15, 0.2) is 51.8 Å². The lowest BCUT2D eigenvalue weighted by Gasteiger charge is -2.15. The number of hydrogen-bond acceptors (Lipinski definition) is 4. The van der Waals surface area contributed by atoms with Crippen LogP contribution in [0.5, 0.6) is 5.75 Å². The molecule has 0 aliphatic carbocycles. The molecule has 27 heavy (non-hydrogen) atoms. The van der Waals surface area contributed by atoms with Crippen molar-refractivity contribution in [1.29, 1.82) is 0 Å². The summed E-state index contributed by atoms with van der Waals surface area (Å²) in [4.78, 5) is 12.1. The van der Waals surface area contributed by atoms with Gasteiger partial charge in [0.2, 0.25) is 15.9 Å². The van der Waals surface area contributed by atoms with Crippen molar-refractivity contribution in [3.8, 4) is 5.75 Å². The molecular weight excluding hydrogens is 439 g/mol. The van der Waals surface area contributed by atoms with E-state index in [1.54, 1.807) is 25.1 Å². The molecule has 0 fully saturated rings. The fourth-order valence-corrected chi connectivity index (χ4v) is 3.64. The van der Waals surface area contributed by atoms with Gasteiger partial charge < -0.3 is 10.1 Å². The molecule has 0 radical (unpaired) electrons. The van der Waals surface area contributed by atoms with Gasteiger partial charge in [0.1, 0.15) is 0 Å². The first kappa shape index (κ1) is 21.3. The van der Waals surface area contributed by atoms with E-state index in [9.17, 15) is 17.6 Å². The number of benzene rings is 2. The molecule has 0 aliphatic heterocycles. The second-order valence-corrected chi connectivity index (χ2v) is 8.47. The zero-order valence-corrected chi connectivity index (χ0v) is 17.2. The number of carbonyl (C=O) groups excluding carboxylic acids is 1. The van der Waals surface area contributed by atoms with E-state index < -0.39 is 21.9 Å². The number of sulfonamides is 1. The van der Waals surface area contributed by atoms with E-state index in [2.05, 4.69) is 26.0 Å². The van der Waals surface area contributed by atoms with Crippen molar-refractivity contribution < 1.29 is 22.3 Å². The predicted octanol–water partition coefficient (Wildman–Crippen LogP) is 3.14. The summed E-state index contributed by atoms with van der Waals surface area (Å²) in [6.07, 6.45) is -0.0429. The molecule has 0 bridgehead atoms. The monoisotopic (exact) mass is 458 g/mol. The predicted molar refractivity (Wildman–Crippen MR) is 103 cm³/mol. The second kappa shape index (κ2) is 9.29. The van der Waals surface area contributed by atoms with E-state index in [1.165, 1.54) is 31.4 Å². The molecule has 0 saturated heterocycles. The molecule has 0 saturated carbocycles. The molecule has 146 valence electrons. The third-order valence-corrected chi connectivity index (χ3v) is 5.83. The fraction of sp³-hybridized carbons (Fsp3) is 0.278. The molecule has 2 aromatic carbocycles. The van der Waals surface area contributed by atoms with Gasteiger partial charge in [0.25, 0.3) is 0 Å². The Balaban J connectivity index is 1.87. The van der Waals surface area contributed by atoms with Crippen molar-refractivity contribution in [1.82, 2.24) is 10.0 Å². The second-order valence-electron chi connectivity index (χ2n) is 5.78. The molecule has 1 atom stereocenters. The van der Waals surface area contributed by atoms with Crippen LogP contribution in [0.2, 0.25) is 0 Å². The summed E-state index contributed by atoms with van der Waals surface area (Å²) in [5.74, 6) is -0.741. The van der Waals surface area contributed by atoms with Crippen LogP contribution in [0.4, 0.5) is 4.39 Å². The highest BCUT2D eigenvalue weighted by Crippen LogP contribution is 2.21. The maximum atomic E-state index is 13.8. The molecule has 0 heterocycles. The van der Waals surface area contributed by atoms with Crippen molar-refractivity contribution in [3.05, 3.63) is 58.3 Å². The highest BCUT2D eigenvalue weighted by atomic mass is 79.9. The van der Waals surface area contributed by atoms with E-state index in [-0.39, 0.29) is 29.5 Å². The summed E-state index contributed by atoms with van der Waals surface area (Å²) in [7, 11) is -2.31. The Morgan fingerprint density at radius 1 is 1.22 bits per heavy atom. The minimum atomic E-state index is -3.68. The number of halogens is 2. The van der Waals surface area contributed by atoms with Crippen LogP contribution in [-0.2, 0) is 14.8 Å². The zero-order valence-electron chi connectivity index (χ0n) is 14.8. The van der Waals surface area contributed by atoms with Gasteiger partial charge in [0.05, 0.1) is 18.0 Å². The molecule has 1 amide bonds. The molecule has 1 unspecified atom stereocenters. The van der Waals surface area contributed by atoms with Crippen molar-refractivity contribution in [2.45, 2.75) is 24.3 Å². The Hall–Kier alpha value is -1.97. The highest BCUT2D eigenvalue weighted by molar-refractivity contribution is 9.10. The van der Waals surface area contributed by atoms with Crippen LogP contribution in [0, 0.1) is 5.82 Å². The maximum absolute atomic E-state index is 13.8. The minimum Gasteiger partial charge on any atom is -0.494 e. The molecule has 0 aromatic heterocycles. The molecular formula is C18H20BrFN2O4S. The molecule has 0 aliphatic rings. The van der Waals surface area contributed by atoms with Gasteiger partial charge in [-0.25, -0.2) is 17.5 Å². The lowest BCUT2D eigenvalue weighted by Crippen LogP contribution is -2.32. The SMILES string of the molecule is COc1ccc(C(C)NC(=O)CCNS(=O)(=O)c2ccc(Br)cc2)cc1F. The average molecular weight is 459 g/mol. The number of amides is 1. The van der Waals surface area contributed by atoms with Crippen LogP contribution >= 0.6 is 15.9 Å². The first-order chi connectivity index (χ1) is 12.7. The summed E-state index contributed by atoms with van der Waals surface area (Å²) in [5, 5.41) is 2.71.